The number of aliphatic carboxylic acids is 1. The number of rotatable bonds is 11. The predicted molar refractivity (Wildman–Crippen MR) is 140 cm³/mol. The lowest BCUT2D eigenvalue weighted by molar-refractivity contribution is -0.139. The number of ether oxygens (including phenoxy) is 1. The van der Waals surface area contributed by atoms with Crippen molar-refractivity contribution in [3.8, 4) is 5.75 Å². The zero-order valence-corrected chi connectivity index (χ0v) is 21.3. The average molecular weight is 513 g/mol. The van der Waals surface area contributed by atoms with E-state index in [0.29, 0.717) is 6.42 Å². The molecular formula is C28H33FN2O4S. The predicted octanol–water partition coefficient (Wildman–Crippen LogP) is 5.40. The van der Waals surface area contributed by atoms with Gasteiger partial charge in [-0.3, -0.25) is 9.78 Å². The SMILES string of the molecule is COc1ccc2nccc(C(O)CC[C@@H]3CCN(CCSc4ccc(F)cc4)C[C@@H]3CC(=O)O)c2c1. The standard InChI is InChI=1S/C28H33FN2O4S/c1-35-22-5-8-26-25(17-22)24(10-12-30-26)27(32)9-2-19-11-13-31(18-20(19)16-28(33)34)14-15-36-23-6-3-21(29)4-7-23/h3-8,10,12,17,19-20,27,32H,2,9,11,13-16,18H2,1H3,(H,33,34)/t19-,20+,27?/m1/s1. The van der Waals surface area contributed by atoms with E-state index in [9.17, 15) is 19.4 Å². The van der Waals surface area contributed by atoms with Crippen LogP contribution in [0.2, 0.25) is 0 Å². The van der Waals surface area contributed by atoms with Crippen LogP contribution in [0.25, 0.3) is 10.9 Å². The van der Waals surface area contributed by atoms with E-state index in [1.165, 1.54) is 12.1 Å². The fourth-order valence-electron chi connectivity index (χ4n) is 5.11. The number of carboxylic acids is 1. The van der Waals surface area contributed by atoms with Gasteiger partial charge in [0.15, 0.2) is 0 Å². The topological polar surface area (TPSA) is 82.9 Å². The lowest BCUT2D eigenvalue weighted by atomic mass is 9.79. The molecule has 4 rings (SSSR count). The molecule has 6 nitrogen and oxygen atoms in total. The minimum atomic E-state index is -0.777. The van der Waals surface area contributed by atoms with Crippen LogP contribution in [0.1, 0.15) is 37.4 Å². The first-order valence-electron chi connectivity index (χ1n) is 12.4. The van der Waals surface area contributed by atoms with Crippen molar-refractivity contribution in [1.29, 1.82) is 0 Å². The average Bonchev–Trinajstić information content (AvgIpc) is 2.88. The molecule has 2 heterocycles. The Morgan fingerprint density at radius 2 is 2.03 bits per heavy atom. The molecule has 0 aliphatic carbocycles. The lowest BCUT2D eigenvalue weighted by Crippen LogP contribution is -2.42. The van der Waals surface area contributed by atoms with E-state index in [-0.39, 0.29) is 24.1 Å². The Morgan fingerprint density at radius 3 is 2.78 bits per heavy atom. The van der Waals surface area contributed by atoms with Crippen molar-refractivity contribution >= 4 is 28.6 Å². The molecule has 192 valence electrons. The second-order valence-corrected chi connectivity index (χ2v) is 10.6. The number of hydrogen-bond acceptors (Lipinski definition) is 6. The molecule has 2 aromatic carbocycles. The fraction of sp³-hybridized carbons (Fsp3) is 0.429. The lowest BCUT2D eigenvalue weighted by Gasteiger charge is -2.38. The molecule has 1 unspecified atom stereocenters. The Morgan fingerprint density at radius 1 is 1.22 bits per heavy atom. The number of hydrogen-bond donors (Lipinski definition) is 2. The molecule has 2 N–H and O–H groups in total. The minimum Gasteiger partial charge on any atom is -0.497 e. The van der Waals surface area contributed by atoms with Crippen LogP contribution in [0.5, 0.6) is 5.75 Å². The summed E-state index contributed by atoms with van der Waals surface area (Å²) in [6.45, 7) is 2.51. The van der Waals surface area contributed by atoms with E-state index in [1.54, 1.807) is 37.2 Å². The van der Waals surface area contributed by atoms with E-state index in [2.05, 4.69) is 9.88 Å². The molecule has 0 saturated carbocycles. The first-order valence-corrected chi connectivity index (χ1v) is 13.3. The number of benzene rings is 2. The van der Waals surface area contributed by atoms with Gasteiger partial charge in [0.05, 0.1) is 18.7 Å². The van der Waals surface area contributed by atoms with Crippen molar-refractivity contribution in [3.63, 3.8) is 0 Å². The number of carboxylic acid groups (broad SMARTS) is 1. The highest BCUT2D eigenvalue weighted by Gasteiger charge is 2.31. The molecule has 8 heteroatoms. The molecular weight excluding hydrogens is 479 g/mol. The van der Waals surface area contributed by atoms with Gasteiger partial charge in [0.25, 0.3) is 0 Å². The van der Waals surface area contributed by atoms with Crippen LogP contribution in [0, 0.1) is 17.7 Å². The van der Waals surface area contributed by atoms with Crippen molar-refractivity contribution in [2.24, 2.45) is 11.8 Å². The van der Waals surface area contributed by atoms with Crippen LogP contribution in [0.4, 0.5) is 4.39 Å². The summed E-state index contributed by atoms with van der Waals surface area (Å²) in [6.07, 6.45) is 3.44. The van der Waals surface area contributed by atoms with Crippen LogP contribution >= 0.6 is 11.8 Å². The van der Waals surface area contributed by atoms with Crippen molar-refractivity contribution < 1.29 is 24.1 Å². The summed E-state index contributed by atoms with van der Waals surface area (Å²) in [5.74, 6) is 0.872. The summed E-state index contributed by atoms with van der Waals surface area (Å²) in [7, 11) is 1.62. The number of aliphatic hydroxyl groups is 1. The van der Waals surface area contributed by atoms with E-state index >= 15 is 0 Å². The summed E-state index contributed by atoms with van der Waals surface area (Å²) >= 11 is 1.68. The highest BCUT2D eigenvalue weighted by molar-refractivity contribution is 7.99. The van der Waals surface area contributed by atoms with Gasteiger partial charge in [0.2, 0.25) is 0 Å². The summed E-state index contributed by atoms with van der Waals surface area (Å²) < 4.78 is 18.4. The number of aliphatic hydroxyl groups excluding tert-OH is 1. The van der Waals surface area contributed by atoms with Crippen LogP contribution in [0.15, 0.2) is 59.6 Å². The molecule has 0 amide bonds. The summed E-state index contributed by atoms with van der Waals surface area (Å²) in [5.41, 5.74) is 1.63. The maximum Gasteiger partial charge on any atom is 0.303 e. The minimum absolute atomic E-state index is 0.0496. The van der Waals surface area contributed by atoms with E-state index < -0.39 is 12.1 Å². The summed E-state index contributed by atoms with van der Waals surface area (Å²) in [5, 5.41) is 21.4. The van der Waals surface area contributed by atoms with Crippen molar-refractivity contribution in [1.82, 2.24) is 9.88 Å². The number of pyridine rings is 1. The number of carbonyl (C=O) groups is 1. The van der Waals surface area contributed by atoms with Crippen molar-refractivity contribution in [2.75, 3.05) is 32.5 Å². The first-order chi connectivity index (χ1) is 17.4. The van der Waals surface area contributed by atoms with Gasteiger partial charge in [-0.25, -0.2) is 4.39 Å². The maximum absolute atomic E-state index is 13.1. The number of piperidine rings is 1. The summed E-state index contributed by atoms with van der Waals surface area (Å²) in [6, 6.07) is 14.0. The molecule has 1 saturated heterocycles. The molecule has 0 bridgehead atoms. The monoisotopic (exact) mass is 512 g/mol. The third kappa shape index (κ3) is 6.96. The van der Waals surface area contributed by atoms with Crippen molar-refractivity contribution in [2.45, 2.75) is 36.7 Å². The van der Waals surface area contributed by atoms with Gasteiger partial charge in [-0.2, -0.15) is 0 Å². The number of halogens is 1. The van der Waals surface area contributed by atoms with E-state index in [4.69, 9.17) is 4.74 Å². The van der Waals surface area contributed by atoms with Gasteiger partial charge in [0.1, 0.15) is 11.6 Å². The number of nitrogens with zero attached hydrogens (tertiary/aromatic N) is 2. The molecule has 0 radical (unpaired) electrons. The Labute approximate surface area is 215 Å². The molecule has 1 aliphatic rings. The largest absolute Gasteiger partial charge is 0.497 e. The van der Waals surface area contributed by atoms with Crippen LogP contribution in [-0.2, 0) is 4.79 Å². The molecule has 3 atom stereocenters. The third-order valence-electron chi connectivity index (χ3n) is 7.05. The van der Waals surface area contributed by atoms with E-state index in [0.717, 1.165) is 65.3 Å². The molecule has 1 fully saturated rings. The highest BCUT2D eigenvalue weighted by atomic mass is 32.2. The van der Waals surface area contributed by atoms with Crippen LogP contribution in [0.3, 0.4) is 0 Å². The highest BCUT2D eigenvalue weighted by Crippen LogP contribution is 2.35. The van der Waals surface area contributed by atoms with Gasteiger partial charge in [-0.05, 0) is 91.7 Å². The molecule has 3 aromatic rings. The van der Waals surface area contributed by atoms with Gasteiger partial charge < -0.3 is 19.8 Å². The van der Waals surface area contributed by atoms with Gasteiger partial charge in [0, 0.05) is 41.7 Å². The quantitative estimate of drug-likeness (QED) is 0.333. The smallest absolute Gasteiger partial charge is 0.303 e. The van der Waals surface area contributed by atoms with Crippen molar-refractivity contribution in [3.05, 3.63) is 66.1 Å². The first kappa shape index (κ1) is 26.4. The summed E-state index contributed by atoms with van der Waals surface area (Å²) in [4.78, 5) is 19.3. The van der Waals surface area contributed by atoms with E-state index in [1.807, 2.05) is 24.3 Å². The normalized spacial score (nSPS) is 19.3. The Balaban J connectivity index is 1.34. The number of thioether (sulfide) groups is 1. The third-order valence-corrected chi connectivity index (χ3v) is 8.05. The Bertz CT molecular complexity index is 1160. The van der Waals surface area contributed by atoms with Crippen LogP contribution < -0.4 is 4.74 Å². The number of fused-ring (bicyclic) bond motifs is 1. The fourth-order valence-corrected chi connectivity index (χ4v) is 6.02. The zero-order valence-electron chi connectivity index (χ0n) is 20.5. The van der Waals surface area contributed by atoms with Gasteiger partial charge in [-0.1, -0.05) is 0 Å². The second kappa shape index (κ2) is 12.5. The van der Waals surface area contributed by atoms with Crippen LogP contribution in [-0.4, -0.2) is 58.6 Å². The second-order valence-electron chi connectivity index (χ2n) is 9.39. The number of methoxy groups -OCH3 is 1. The Kier molecular flexibility index (Phi) is 9.18. The van der Waals surface area contributed by atoms with Gasteiger partial charge in [-0.15, -0.1) is 11.8 Å². The number of aromatic nitrogens is 1. The molecule has 1 aliphatic heterocycles. The molecule has 36 heavy (non-hydrogen) atoms. The molecule has 1 aromatic heterocycles. The Hall–Kier alpha value is -2.68. The van der Waals surface area contributed by atoms with Gasteiger partial charge >= 0.3 is 5.97 Å². The molecule has 0 spiro atoms. The maximum atomic E-state index is 13.1. The zero-order chi connectivity index (χ0) is 25.5. The number of likely N-dealkylation sites (tertiary alicyclic amines) is 1.